The number of carbonyl (C=O) groups excluding carboxylic acids is 2. The van der Waals surface area contributed by atoms with Crippen LogP contribution in [0, 0.1) is 0 Å². The molecule has 1 aromatic heterocycles. The molecule has 1 heterocycles. The van der Waals surface area contributed by atoms with E-state index in [4.69, 9.17) is 28.7 Å². The summed E-state index contributed by atoms with van der Waals surface area (Å²) in [6.07, 6.45) is 4.12. The molecule has 0 spiro atoms. The number of hydrogen-bond donors (Lipinski definition) is 6. The number of rotatable bonds is 18. The largest absolute Gasteiger partial charge is 0.345 e. The number of ketones is 1. The number of quaternary nitrogens is 1. The fraction of sp³-hybridized carbons (Fsp3) is 0.469. The number of nitrogens with one attached hydrogen (secondary N) is 1. The summed E-state index contributed by atoms with van der Waals surface area (Å²) in [5.41, 5.74) is 33.3. The smallest absolute Gasteiger partial charge is 0.237 e. The van der Waals surface area contributed by atoms with Crippen LogP contribution in [-0.4, -0.2) is 85.1 Å². The quantitative estimate of drug-likeness (QED) is 0.118. The fourth-order valence-electron chi connectivity index (χ4n) is 5.69. The van der Waals surface area contributed by atoms with Crippen LogP contribution < -0.4 is 34.0 Å². The van der Waals surface area contributed by atoms with Crippen molar-refractivity contribution in [1.82, 2.24) is 10.3 Å². The summed E-state index contributed by atoms with van der Waals surface area (Å²) in [5.74, 6) is -0.411. The molecule has 0 radical (unpaired) electrons. The minimum atomic E-state index is -0.767. The number of likely N-dealkylation sites (N-methyl/N-ethyl adjacent to an activating group) is 1. The lowest BCUT2D eigenvalue weighted by Crippen LogP contribution is -2.67. The topological polar surface area (TPSA) is 189 Å². The van der Waals surface area contributed by atoms with E-state index in [0.717, 1.165) is 22.0 Å². The number of carbonyl (C=O) groups is 2. The normalized spacial score (nSPS) is 13.4. The predicted octanol–water partition coefficient (Wildman–Crippen LogP) is 0.590. The molecule has 0 saturated carbocycles. The Balaban J connectivity index is 1.67. The molecule has 0 saturated heterocycles. The third-order valence-corrected chi connectivity index (χ3v) is 8.54. The number of benzene rings is 2. The van der Waals surface area contributed by atoms with E-state index in [1.165, 1.54) is 0 Å². The Labute approximate surface area is 249 Å². The van der Waals surface area contributed by atoms with Crippen LogP contribution in [0.4, 0.5) is 0 Å². The van der Waals surface area contributed by atoms with E-state index >= 15 is 0 Å². The second kappa shape index (κ2) is 16.4. The van der Waals surface area contributed by atoms with Crippen molar-refractivity contribution in [3.8, 4) is 0 Å². The van der Waals surface area contributed by atoms with Gasteiger partial charge in [-0.1, -0.05) is 48.5 Å². The summed E-state index contributed by atoms with van der Waals surface area (Å²) < 4.78 is 0.534. The van der Waals surface area contributed by atoms with Crippen LogP contribution in [0.15, 0.2) is 66.9 Å². The van der Waals surface area contributed by atoms with Crippen LogP contribution >= 0.6 is 0 Å². The fourth-order valence-corrected chi connectivity index (χ4v) is 5.69. The van der Waals surface area contributed by atoms with E-state index in [9.17, 15) is 9.59 Å². The number of pyridine rings is 1. The molecule has 0 fully saturated rings. The van der Waals surface area contributed by atoms with Gasteiger partial charge in [-0.05, 0) is 48.9 Å². The maximum Gasteiger partial charge on any atom is 0.237 e. The summed E-state index contributed by atoms with van der Waals surface area (Å²) in [4.78, 5) is 31.3. The molecule has 3 rings (SSSR count). The lowest BCUT2D eigenvalue weighted by Gasteiger charge is -2.46. The molecule has 228 valence electrons. The lowest BCUT2D eigenvalue weighted by atomic mass is 9.97. The van der Waals surface area contributed by atoms with Crippen molar-refractivity contribution in [3.63, 3.8) is 0 Å². The molecular weight excluding hydrogens is 528 g/mol. The Morgan fingerprint density at radius 3 is 2.12 bits per heavy atom. The molecule has 0 unspecified atom stereocenters. The number of hydrogen-bond acceptors (Lipinski definition) is 8. The monoisotopic (exact) mass is 577 g/mol. The van der Waals surface area contributed by atoms with Gasteiger partial charge >= 0.3 is 0 Å². The molecule has 2 atom stereocenters. The maximum atomic E-state index is 13.5. The standard InChI is InChI=1S/C32H48N8O2/c1-40(26(18-33)19-34,27(20-35)21-36)15-7-11-28(37)32(42)39-30(14-13-23-8-3-2-4-9-23)31(41)17-24-16-25-10-5-6-12-29(25)38-22-24/h2-6,8-10,12,16,22,26-28,30H,7,11,13-15,17-21,33-37H2,1H3/p+1/t28-,30-/m0/s1. The Kier molecular flexibility index (Phi) is 13.0. The van der Waals surface area contributed by atoms with Gasteiger partial charge in [-0.2, -0.15) is 0 Å². The van der Waals surface area contributed by atoms with Crippen molar-refractivity contribution in [2.75, 3.05) is 39.8 Å². The highest BCUT2D eigenvalue weighted by atomic mass is 16.2. The Morgan fingerprint density at radius 2 is 1.48 bits per heavy atom. The first-order valence-electron chi connectivity index (χ1n) is 14.9. The average Bonchev–Trinajstić information content (AvgIpc) is 3.00. The first-order chi connectivity index (χ1) is 20.2. The van der Waals surface area contributed by atoms with Crippen LogP contribution in [0.2, 0.25) is 0 Å². The van der Waals surface area contributed by atoms with Gasteiger partial charge in [0.1, 0.15) is 12.1 Å². The Bertz CT molecular complexity index is 1250. The molecule has 3 aromatic rings. The number of aryl methyl sites for hydroxylation is 1. The summed E-state index contributed by atoms with van der Waals surface area (Å²) in [6.45, 7) is 2.33. The predicted molar refractivity (Wildman–Crippen MR) is 169 cm³/mol. The number of amides is 1. The van der Waals surface area contributed by atoms with Crippen molar-refractivity contribution in [3.05, 3.63) is 78.0 Å². The second-order valence-electron chi connectivity index (χ2n) is 11.3. The molecule has 42 heavy (non-hydrogen) atoms. The minimum Gasteiger partial charge on any atom is -0.345 e. The van der Waals surface area contributed by atoms with E-state index in [1.807, 2.05) is 60.7 Å². The van der Waals surface area contributed by atoms with Gasteiger partial charge in [0.2, 0.25) is 5.91 Å². The molecular formula is C32H49N8O2+. The van der Waals surface area contributed by atoms with Crippen LogP contribution in [0.1, 0.15) is 30.4 Å². The summed E-state index contributed by atoms with van der Waals surface area (Å²) in [5, 5.41) is 3.93. The highest BCUT2D eigenvalue weighted by molar-refractivity contribution is 5.92. The summed E-state index contributed by atoms with van der Waals surface area (Å²) in [6, 6.07) is 18.2. The van der Waals surface area contributed by atoms with Gasteiger partial charge in [0, 0.05) is 44.2 Å². The summed E-state index contributed by atoms with van der Waals surface area (Å²) in [7, 11) is 2.07. The van der Waals surface area contributed by atoms with Crippen molar-refractivity contribution in [2.45, 2.75) is 56.3 Å². The molecule has 0 aliphatic carbocycles. The molecule has 2 aromatic carbocycles. The van der Waals surface area contributed by atoms with Crippen LogP contribution in [0.3, 0.4) is 0 Å². The Hall–Kier alpha value is -3.25. The number of aromatic nitrogens is 1. The van der Waals surface area contributed by atoms with Gasteiger partial charge in [-0.3, -0.25) is 14.6 Å². The number of nitrogens with two attached hydrogens (primary N) is 5. The SMILES string of the molecule is C[N+](CCC[C@H](N)C(=O)N[C@@H](CCc1ccccc1)C(=O)Cc1cnc2ccccc2c1)(C(CN)CN)C(CN)CN. The van der Waals surface area contributed by atoms with E-state index in [2.05, 4.69) is 17.3 Å². The molecule has 0 bridgehead atoms. The second-order valence-corrected chi connectivity index (χ2v) is 11.3. The summed E-state index contributed by atoms with van der Waals surface area (Å²) >= 11 is 0. The van der Waals surface area contributed by atoms with Gasteiger partial charge in [0.25, 0.3) is 0 Å². The maximum absolute atomic E-state index is 13.5. The van der Waals surface area contributed by atoms with Crippen LogP contribution in [0.5, 0.6) is 0 Å². The zero-order valence-electron chi connectivity index (χ0n) is 24.8. The molecule has 0 aliphatic rings. The number of Topliss-reactive ketones (excluding diaryl/α,β-unsaturated/α-hetero) is 1. The third kappa shape index (κ3) is 8.87. The molecule has 0 aliphatic heterocycles. The van der Waals surface area contributed by atoms with Crippen LogP contribution in [0.25, 0.3) is 10.9 Å². The van der Waals surface area contributed by atoms with Gasteiger partial charge in [-0.25, -0.2) is 0 Å². The zero-order chi connectivity index (χ0) is 30.5. The van der Waals surface area contributed by atoms with Crippen molar-refractivity contribution >= 4 is 22.6 Å². The van der Waals surface area contributed by atoms with Gasteiger partial charge in [0.05, 0.1) is 31.2 Å². The first kappa shape index (κ1) is 33.3. The van der Waals surface area contributed by atoms with E-state index in [1.54, 1.807) is 6.20 Å². The van der Waals surface area contributed by atoms with E-state index in [0.29, 0.717) is 62.9 Å². The molecule has 10 nitrogen and oxygen atoms in total. The molecule has 11 N–H and O–H groups in total. The molecule has 10 heteroatoms. The van der Waals surface area contributed by atoms with Gasteiger partial charge in [0.15, 0.2) is 5.78 Å². The van der Waals surface area contributed by atoms with Gasteiger partial charge in [-0.15, -0.1) is 0 Å². The number of fused-ring (bicyclic) bond motifs is 1. The molecule has 1 amide bonds. The van der Waals surface area contributed by atoms with Crippen molar-refractivity contribution in [2.24, 2.45) is 28.7 Å². The third-order valence-electron chi connectivity index (χ3n) is 8.54. The zero-order valence-corrected chi connectivity index (χ0v) is 24.8. The van der Waals surface area contributed by atoms with E-state index in [-0.39, 0.29) is 30.2 Å². The number of para-hydroxylation sites is 1. The highest BCUT2D eigenvalue weighted by Crippen LogP contribution is 2.18. The van der Waals surface area contributed by atoms with Crippen molar-refractivity contribution < 1.29 is 14.1 Å². The van der Waals surface area contributed by atoms with Gasteiger partial charge < -0.3 is 38.5 Å². The lowest BCUT2D eigenvalue weighted by molar-refractivity contribution is -0.951. The van der Waals surface area contributed by atoms with Crippen LogP contribution in [-0.2, 0) is 22.4 Å². The minimum absolute atomic E-state index is 0.00302. The average molecular weight is 578 g/mol. The first-order valence-corrected chi connectivity index (χ1v) is 14.9. The van der Waals surface area contributed by atoms with E-state index < -0.39 is 12.1 Å². The highest BCUT2D eigenvalue weighted by Gasteiger charge is 2.37. The number of nitrogens with zero attached hydrogens (tertiary/aromatic N) is 2. The van der Waals surface area contributed by atoms with Crippen molar-refractivity contribution in [1.29, 1.82) is 0 Å². The Morgan fingerprint density at radius 1 is 0.857 bits per heavy atom.